The van der Waals surface area contributed by atoms with Crippen molar-refractivity contribution < 1.29 is 27.5 Å². The maximum absolute atomic E-state index is 12.6. The van der Waals surface area contributed by atoms with Crippen LogP contribution in [-0.4, -0.2) is 50.0 Å². The first kappa shape index (κ1) is 23.9. The van der Waals surface area contributed by atoms with Crippen molar-refractivity contribution in [2.24, 2.45) is 0 Å². The van der Waals surface area contributed by atoms with Gasteiger partial charge in [0.25, 0.3) is 0 Å². The van der Waals surface area contributed by atoms with Gasteiger partial charge in [-0.05, 0) is 24.5 Å². The summed E-state index contributed by atoms with van der Waals surface area (Å²) < 4.78 is 29.9. The van der Waals surface area contributed by atoms with Crippen LogP contribution in [0.5, 0.6) is 0 Å². The number of anilines is 1. The third-order valence-electron chi connectivity index (χ3n) is 5.10. The van der Waals surface area contributed by atoms with Crippen LogP contribution in [0.3, 0.4) is 0 Å². The molecule has 0 bridgehead atoms. The first-order valence-electron chi connectivity index (χ1n) is 10.3. The van der Waals surface area contributed by atoms with Gasteiger partial charge in [0, 0.05) is 24.8 Å². The van der Waals surface area contributed by atoms with Gasteiger partial charge < -0.3 is 15.0 Å². The molecule has 32 heavy (non-hydrogen) atoms. The van der Waals surface area contributed by atoms with E-state index >= 15 is 0 Å². The second-order valence-corrected chi connectivity index (χ2v) is 10.8. The number of thiophene rings is 1. The lowest BCUT2D eigenvalue weighted by molar-refractivity contribution is -0.129. The number of esters is 1. The Morgan fingerprint density at radius 2 is 1.91 bits per heavy atom. The number of fused-ring (bicyclic) bond motifs is 1. The highest BCUT2D eigenvalue weighted by molar-refractivity contribution is 7.90. The van der Waals surface area contributed by atoms with Crippen molar-refractivity contribution in [2.45, 2.75) is 39.0 Å². The number of carbonyl (C=O) groups excluding carboxylic acids is 3. The van der Waals surface area contributed by atoms with Gasteiger partial charge in [-0.3, -0.25) is 9.59 Å². The van der Waals surface area contributed by atoms with E-state index in [2.05, 4.69) is 5.32 Å². The number of rotatable bonds is 8. The molecule has 0 unspecified atom stereocenters. The summed E-state index contributed by atoms with van der Waals surface area (Å²) in [6, 6.07) is 8.79. The molecular formula is C22H26N2O6S2. The van der Waals surface area contributed by atoms with Crippen LogP contribution in [0.1, 0.15) is 46.6 Å². The number of hydrogen-bond donors (Lipinski definition) is 1. The number of sulfone groups is 1. The minimum absolute atomic E-state index is 0.0593. The summed E-state index contributed by atoms with van der Waals surface area (Å²) >= 11 is 1.23. The molecule has 172 valence electrons. The third-order valence-corrected chi connectivity index (χ3v) is 7.84. The van der Waals surface area contributed by atoms with Crippen LogP contribution in [0.2, 0.25) is 0 Å². The summed E-state index contributed by atoms with van der Waals surface area (Å²) in [5, 5.41) is 3.04. The van der Waals surface area contributed by atoms with Crippen LogP contribution in [0.4, 0.5) is 5.00 Å². The molecule has 1 aromatic heterocycles. The molecule has 0 saturated carbocycles. The summed E-state index contributed by atoms with van der Waals surface area (Å²) in [5.41, 5.74) is 1.74. The molecule has 0 saturated heterocycles. The molecule has 0 spiro atoms. The fraction of sp³-hybridized carbons (Fsp3) is 0.409. The number of nitrogens with one attached hydrogen (secondary N) is 1. The van der Waals surface area contributed by atoms with Gasteiger partial charge in [0.15, 0.2) is 9.84 Å². The lowest BCUT2D eigenvalue weighted by Crippen LogP contribution is -2.34. The lowest BCUT2D eigenvalue weighted by atomic mass is 10.0. The van der Waals surface area contributed by atoms with Crippen LogP contribution in [-0.2, 0) is 42.9 Å². The monoisotopic (exact) mass is 478 g/mol. The fourth-order valence-corrected chi connectivity index (χ4v) is 6.13. The Labute approximate surface area is 191 Å². The van der Waals surface area contributed by atoms with Crippen molar-refractivity contribution in [3.05, 3.63) is 51.9 Å². The maximum Gasteiger partial charge on any atom is 0.341 e. The van der Waals surface area contributed by atoms with E-state index in [-0.39, 0.29) is 30.4 Å². The van der Waals surface area contributed by atoms with Crippen molar-refractivity contribution in [1.29, 1.82) is 0 Å². The minimum atomic E-state index is -3.47. The number of benzene rings is 1. The summed E-state index contributed by atoms with van der Waals surface area (Å²) in [5.74, 6) is -1.52. The largest absolute Gasteiger partial charge is 0.462 e. The number of carbonyl (C=O) groups is 3. The molecule has 0 radical (unpaired) electrons. The SMILES string of the molecule is CCOC(=O)c1c(NC(=O)CCS(=O)(=O)Cc2ccccc2)sc2c1CCN(C(C)=O)C2. The molecule has 1 aromatic carbocycles. The zero-order chi connectivity index (χ0) is 23.3. The fourth-order valence-electron chi connectivity index (χ4n) is 3.52. The van der Waals surface area contributed by atoms with Gasteiger partial charge in [-0.15, -0.1) is 11.3 Å². The van der Waals surface area contributed by atoms with E-state index < -0.39 is 21.7 Å². The van der Waals surface area contributed by atoms with Gasteiger partial charge in [0.05, 0.1) is 30.2 Å². The number of hydrogen-bond acceptors (Lipinski definition) is 7. The Morgan fingerprint density at radius 1 is 1.19 bits per heavy atom. The van der Waals surface area contributed by atoms with E-state index in [9.17, 15) is 22.8 Å². The maximum atomic E-state index is 12.6. The third kappa shape index (κ3) is 5.95. The Balaban J connectivity index is 1.72. The second-order valence-electron chi connectivity index (χ2n) is 7.49. The van der Waals surface area contributed by atoms with Crippen molar-refractivity contribution in [2.75, 3.05) is 24.2 Å². The van der Waals surface area contributed by atoms with E-state index in [1.54, 1.807) is 42.2 Å². The van der Waals surface area contributed by atoms with Gasteiger partial charge >= 0.3 is 5.97 Å². The Kier molecular flexibility index (Phi) is 7.68. The van der Waals surface area contributed by atoms with E-state index in [4.69, 9.17) is 4.74 Å². The normalized spacial score (nSPS) is 13.4. The van der Waals surface area contributed by atoms with E-state index in [1.807, 2.05) is 0 Å². The van der Waals surface area contributed by atoms with Crippen LogP contribution >= 0.6 is 11.3 Å². The van der Waals surface area contributed by atoms with E-state index in [0.717, 1.165) is 10.4 Å². The van der Waals surface area contributed by atoms with Crippen molar-refractivity contribution >= 4 is 44.0 Å². The Morgan fingerprint density at radius 3 is 2.56 bits per heavy atom. The molecular weight excluding hydrogens is 452 g/mol. The van der Waals surface area contributed by atoms with Crippen molar-refractivity contribution in [1.82, 2.24) is 4.90 Å². The molecule has 0 aliphatic carbocycles. The molecule has 2 amide bonds. The second kappa shape index (κ2) is 10.3. The molecule has 0 atom stereocenters. The Hall–Kier alpha value is -2.72. The lowest BCUT2D eigenvalue weighted by Gasteiger charge is -2.25. The average molecular weight is 479 g/mol. The summed E-state index contributed by atoms with van der Waals surface area (Å²) in [7, 11) is -3.47. The molecule has 2 aromatic rings. The topological polar surface area (TPSA) is 110 Å². The number of nitrogens with zero attached hydrogens (tertiary/aromatic N) is 1. The van der Waals surface area contributed by atoms with E-state index in [0.29, 0.717) is 35.6 Å². The standard InChI is InChI=1S/C22H26N2O6S2/c1-3-30-22(27)20-17-9-11-24(15(2)25)13-18(17)31-21(20)23-19(26)10-12-32(28,29)14-16-7-5-4-6-8-16/h4-8H,3,9-14H2,1-2H3,(H,23,26). The van der Waals surface area contributed by atoms with Gasteiger partial charge in [0.1, 0.15) is 5.00 Å². The smallest absolute Gasteiger partial charge is 0.341 e. The highest BCUT2D eigenvalue weighted by Crippen LogP contribution is 2.37. The zero-order valence-corrected chi connectivity index (χ0v) is 19.7. The molecule has 3 rings (SSSR count). The molecule has 0 fully saturated rings. The van der Waals surface area contributed by atoms with Gasteiger partial charge in [-0.25, -0.2) is 13.2 Å². The van der Waals surface area contributed by atoms with E-state index in [1.165, 1.54) is 18.3 Å². The molecule has 1 aliphatic heterocycles. The highest BCUT2D eigenvalue weighted by Gasteiger charge is 2.30. The van der Waals surface area contributed by atoms with Gasteiger partial charge in [-0.2, -0.15) is 0 Å². The number of ether oxygens (including phenoxy) is 1. The van der Waals surface area contributed by atoms with Gasteiger partial charge in [0.2, 0.25) is 11.8 Å². The summed E-state index contributed by atoms with van der Waals surface area (Å²) in [4.78, 5) is 39.4. The molecule has 8 nitrogen and oxygen atoms in total. The number of amides is 2. The van der Waals surface area contributed by atoms with Gasteiger partial charge in [-0.1, -0.05) is 30.3 Å². The van der Waals surface area contributed by atoms with Crippen molar-refractivity contribution in [3.8, 4) is 0 Å². The van der Waals surface area contributed by atoms with Crippen molar-refractivity contribution in [3.63, 3.8) is 0 Å². The first-order valence-corrected chi connectivity index (χ1v) is 13.0. The molecule has 10 heteroatoms. The Bertz CT molecular complexity index is 1110. The predicted octanol–water partition coefficient (Wildman–Crippen LogP) is 2.77. The zero-order valence-electron chi connectivity index (χ0n) is 18.0. The predicted molar refractivity (Wildman–Crippen MR) is 122 cm³/mol. The molecule has 2 heterocycles. The highest BCUT2D eigenvalue weighted by atomic mass is 32.2. The summed E-state index contributed by atoms with van der Waals surface area (Å²) in [6.07, 6.45) is 0.264. The summed E-state index contributed by atoms with van der Waals surface area (Å²) in [6.45, 7) is 4.22. The minimum Gasteiger partial charge on any atom is -0.462 e. The van der Waals surface area contributed by atoms with Crippen LogP contribution in [0.25, 0.3) is 0 Å². The molecule has 1 N–H and O–H groups in total. The first-order chi connectivity index (χ1) is 15.2. The molecule has 1 aliphatic rings. The quantitative estimate of drug-likeness (QED) is 0.584. The average Bonchev–Trinajstić information content (AvgIpc) is 3.10. The van der Waals surface area contributed by atoms with Crippen LogP contribution in [0.15, 0.2) is 30.3 Å². The van der Waals surface area contributed by atoms with Crippen LogP contribution in [0, 0.1) is 0 Å². The van der Waals surface area contributed by atoms with Crippen LogP contribution < -0.4 is 5.32 Å².